The van der Waals surface area contributed by atoms with Crippen LogP contribution in [0.15, 0.2) is 23.0 Å². The molecular formula is C21H26N6O4S. The Hall–Kier alpha value is -3.65. The van der Waals surface area contributed by atoms with Crippen LogP contribution in [-0.2, 0) is 16.1 Å². The zero-order valence-electron chi connectivity index (χ0n) is 18.6. The Morgan fingerprint density at radius 3 is 2.56 bits per heavy atom. The van der Waals surface area contributed by atoms with Crippen molar-refractivity contribution in [3.05, 3.63) is 37.7 Å². The molecule has 2 rings (SSSR count). The summed E-state index contributed by atoms with van der Waals surface area (Å²) in [5, 5.41) is 17.5. The van der Waals surface area contributed by atoms with Crippen molar-refractivity contribution in [1.29, 1.82) is 5.26 Å². The first-order valence-electron chi connectivity index (χ1n) is 9.95. The van der Waals surface area contributed by atoms with Gasteiger partial charge in [0.15, 0.2) is 5.57 Å². The molecule has 10 nitrogen and oxygen atoms in total. The molecule has 0 saturated heterocycles. The number of hydrogen-bond donors (Lipinski definition) is 3. The molecule has 2 aromatic rings. The number of carbonyl (C=O) groups excluding carboxylic acids is 2. The number of nitriles is 1. The van der Waals surface area contributed by atoms with Crippen molar-refractivity contribution < 1.29 is 14.3 Å². The minimum absolute atomic E-state index is 0.114. The molecule has 0 aliphatic rings. The molecule has 0 bridgehead atoms. The molecule has 0 radical (unpaired) electrons. The Bertz CT molecular complexity index is 1220. The SMILES string of the molecule is CCNC(=O)/C(C#N)=c1\s/c(=C/Nc2cccc(NC(=O)OC(C)(C)C)n2)c(=O)n1CC. The lowest BCUT2D eigenvalue weighted by Crippen LogP contribution is -2.34. The molecule has 3 N–H and O–H groups in total. The van der Waals surface area contributed by atoms with E-state index in [4.69, 9.17) is 4.74 Å². The van der Waals surface area contributed by atoms with Crippen molar-refractivity contribution in [2.45, 2.75) is 46.8 Å². The topological polar surface area (TPSA) is 138 Å². The van der Waals surface area contributed by atoms with E-state index >= 15 is 0 Å². The molecule has 2 amide bonds. The fraction of sp³-hybridized carbons (Fsp3) is 0.381. The van der Waals surface area contributed by atoms with E-state index in [2.05, 4.69) is 20.9 Å². The first-order valence-corrected chi connectivity index (χ1v) is 10.8. The Morgan fingerprint density at radius 2 is 1.97 bits per heavy atom. The van der Waals surface area contributed by atoms with E-state index in [1.807, 2.05) is 6.07 Å². The number of hydrogen-bond acceptors (Lipinski definition) is 8. The van der Waals surface area contributed by atoms with E-state index < -0.39 is 17.6 Å². The second kappa shape index (κ2) is 10.6. The van der Waals surface area contributed by atoms with E-state index in [1.54, 1.807) is 52.8 Å². The molecule has 0 unspecified atom stereocenters. The number of carbonyl (C=O) groups is 2. The summed E-state index contributed by atoms with van der Waals surface area (Å²) in [5.41, 5.74) is -1.09. The predicted molar refractivity (Wildman–Crippen MR) is 123 cm³/mol. The number of amides is 2. The monoisotopic (exact) mass is 458 g/mol. The van der Waals surface area contributed by atoms with Crippen LogP contribution in [0.25, 0.3) is 11.8 Å². The lowest BCUT2D eigenvalue weighted by atomic mass is 10.2. The third-order valence-electron chi connectivity index (χ3n) is 3.84. The van der Waals surface area contributed by atoms with Crippen LogP contribution in [0.5, 0.6) is 0 Å². The van der Waals surface area contributed by atoms with Crippen LogP contribution < -0.4 is 30.7 Å². The first-order chi connectivity index (χ1) is 15.1. The lowest BCUT2D eigenvalue weighted by molar-refractivity contribution is -0.115. The third-order valence-corrected chi connectivity index (χ3v) is 4.97. The van der Waals surface area contributed by atoms with Crippen molar-refractivity contribution in [3.8, 4) is 6.07 Å². The molecule has 0 fully saturated rings. The highest BCUT2D eigenvalue weighted by atomic mass is 32.1. The summed E-state index contributed by atoms with van der Waals surface area (Å²) in [7, 11) is 0. The molecule has 0 aliphatic heterocycles. The zero-order valence-corrected chi connectivity index (χ0v) is 19.4. The van der Waals surface area contributed by atoms with Crippen LogP contribution >= 0.6 is 11.3 Å². The van der Waals surface area contributed by atoms with Gasteiger partial charge < -0.3 is 15.4 Å². The standard InChI is InChI=1S/C21H26N6O4S/c1-6-23-17(28)13(11-22)19-27(7-2)18(29)14(32-19)12-24-15-9-8-10-16(25-15)26-20(30)31-21(3,4)5/h8-10,12H,6-7H2,1-5H3,(H,23,28)(H2,24,25,26,30)/b14-12+,19-13-. The van der Waals surface area contributed by atoms with Gasteiger partial charge in [-0.05, 0) is 46.8 Å². The second-order valence-corrected chi connectivity index (χ2v) is 8.52. The molecule has 0 spiro atoms. The van der Waals surface area contributed by atoms with Crippen molar-refractivity contribution in [1.82, 2.24) is 14.9 Å². The quantitative estimate of drug-likeness (QED) is 0.594. The predicted octanol–water partition coefficient (Wildman–Crippen LogP) is 1.33. The van der Waals surface area contributed by atoms with Gasteiger partial charge in [-0.25, -0.2) is 9.78 Å². The number of aromatic nitrogens is 2. The van der Waals surface area contributed by atoms with Gasteiger partial charge in [-0.15, -0.1) is 11.3 Å². The van der Waals surface area contributed by atoms with Crippen LogP contribution in [0.3, 0.4) is 0 Å². The minimum atomic E-state index is -0.642. The molecule has 11 heteroatoms. The maximum atomic E-state index is 12.7. The van der Waals surface area contributed by atoms with Crippen LogP contribution in [0.2, 0.25) is 0 Å². The molecule has 0 aliphatic carbocycles. The molecule has 2 heterocycles. The van der Waals surface area contributed by atoms with Gasteiger partial charge in [-0.2, -0.15) is 5.26 Å². The highest BCUT2D eigenvalue weighted by Crippen LogP contribution is 2.12. The summed E-state index contributed by atoms with van der Waals surface area (Å²) in [6, 6.07) is 6.83. The first kappa shape index (κ1) is 24.6. The average Bonchev–Trinajstić information content (AvgIpc) is 3.01. The Labute approximate surface area is 189 Å². The van der Waals surface area contributed by atoms with Crippen molar-refractivity contribution in [2.24, 2.45) is 0 Å². The number of ether oxygens (including phenoxy) is 1. The number of nitrogens with zero attached hydrogens (tertiary/aromatic N) is 3. The van der Waals surface area contributed by atoms with Gasteiger partial charge in [0.1, 0.15) is 32.5 Å². The number of pyridine rings is 1. The van der Waals surface area contributed by atoms with Crippen LogP contribution in [-0.4, -0.2) is 33.7 Å². The van der Waals surface area contributed by atoms with Crippen LogP contribution in [0.1, 0.15) is 34.6 Å². The molecular weight excluding hydrogens is 432 g/mol. The van der Waals surface area contributed by atoms with E-state index in [9.17, 15) is 19.6 Å². The van der Waals surface area contributed by atoms with Gasteiger partial charge >= 0.3 is 6.09 Å². The number of anilines is 2. The molecule has 0 atom stereocenters. The summed E-state index contributed by atoms with van der Waals surface area (Å²) < 4.78 is 7.16. The maximum Gasteiger partial charge on any atom is 0.413 e. The zero-order chi connectivity index (χ0) is 23.9. The van der Waals surface area contributed by atoms with E-state index in [1.165, 1.54) is 10.8 Å². The van der Waals surface area contributed by atoms with Gasteiger partial charge in [0.2, 0.25) is 0 Å². The maximum absolute atomic E-state index is 12.7. The summed E-state index contributed by atoms with van der Waals surface area (Å²) >= 11 is 1.03. The van der Waals surface area contributed by atoms with Gasteiger partial charge in [0.05, 0.1) is 0 Å². The highest BCUT2D eigenvalue weighted by molar-refractivity contribution is 7.07. The number of thiazole rings is 1. The van der Waals surface area contributed by atoms with Gasteiger partial charge in [0.25, 0.3) is 11.5 Å². The smallest absolute Gasteiger partial charge is 0.413 e. The normalized spacial score (nSPS) is 12.6. The lowest BCUT2D eigenvalue weighted by Gasteiger charge is -2.19. The number of nitrogens with one attached hydrogen (secondary N) is 3. The second-order valence-electron chi connectivity index (χ2n) is 7.49. The fourth-order valence-corrected chi connectivity index (χ4v) is 3.66. The highest BCUT2D eigenvalue weighted by Gasteiger charge is 2.17. The molecule has 32 heavy (non-hydrogen) atoms. The van der Waals surface area contributed by atoms with E-state index in [0.717, 1.165) is 11.3 Å². The van der Waals surface area contributed by atoms with Crippen LogP contribution in [0.4, 0.5) is 16.4 Å². The van der Waals surface area contributed by atoms with Crippen LogP contribution in [0, 0.1) is 11.3 Å². The summed E-state index contributed by atoms with van der Waals surface area (Å²) in [4.78, 5) is 41.1. The van der Waals surface area contributed by atoms with Gasteiger partial charge in [-0.3, -0.25) is 19.5 Å². The van der Waals surface area contributed by atoms with Gasteiger partial charge in [-0.1, -0.05) is 6.07 Å². The van der Waals surface area contributed by atoms with Gasteiger partial charge in [0, 0.05) is 19.3 Å². The van der Waals surface area contributed by atoms with E-state index in [0.29, 0.717) is 23.4 Å². The summed E-state index contributed by atoms with van der Waals surface area (Å²) in [5.74, 6) is 0.122. The molecule has 170 valence electrons. The largest absolute Gasteiger partial charge is 0.444 e. The van der Waals surface area contributed by atoms with Crippen molar-refractivity contribution in [3.63, 3.8) is 0 Å². The summed E-state index contributed by atoms with van der Waals surface area (Å²) in [6.07, 6.45) is 0.819. The van der Waals surface area contributed by atoms with Crippen molar-refractivity contribution >= 4 is 46.7 Å². The minimum Gasteiger partial charge on any atom is -0.444 e. The fourth-order valence-electron chi connectivity index (χ4n) is 2.57. The summed E-state index contributed by atoms with van der Waals surface area (Å²) in [6.45, 7) is 9.44. The molecule has 0 aromatic carbocycles. The average molecular weight is 459 g/mol. The number of rotatable bonds is 6. The van der Waals surface area contributed by atoms with Crippen molar-refractivity contribution in [2.75, 3.05) is 17.2 Å². The Kier molecular flexibility index (Phi) is 8.15. The van der Waals surface area contributed by atoms with E-state index in [-0.39, 0.29) is 21.6 Å². The Morgan fingerprint density at radius 1 is 1.28 bits per heavy atom. The molecule has 2 aromatic heterocycles. The Balaban J connectivity index is 2.37. The third kappa shape index (κ3) is 6.42. The molecule has 0 saturated carbocycles.